The number of aliphatic hydroxyl groups is 1. The number of nitrogen functional groups attached to an aromatic ring is 1. The summed E-state index contributed by atoms with van der Waals surface area (Å²) < 4.78 is 6.02. The molecule has 1 rings (SSSR count). The first-order valence-corrected chi connectivity index (χ1v) is 6.40. The molecule has 0 saturated heterocycles. The lowest BCUT2D eigenvalue weighted by Gasteiger charge is -2.22. The highest BCUT2D eigenvalue weighted by atomic mass is 79.9. The Morgan fingerprint density at radius 1 is 1.50 bits per heavy atom. The van der Waals surface area contributed by atoms with Gasteiger partial charge < -0.3 is 20.5 Å². The second-order valence-electron chi connectivity index (χ2n) is 3.81. The van der Waals surface area contributed by atoms with Gasteiger partial charge in [0.25, 0.3) is 0 Å². The van der Waals surface area contributed by atoms with Crippen LogP contribution in [0.4, 0.5) is 5.69 Å². The SMILES string of the molecule is CN(CCOCCO)c1cccc(Br)c1C(=N)N. The van der Waals surface area contributed by atoms with Gasteiger partial charge in [0, 0.05) is 23.8 Å². The predicted octanol–water partition coefficient (Wildman–Crippen LogP) is 1.18. The zero-order chi connectivity index (χ0) is 13.5. The van der Waals surface area contributed by atoms with Crippen LogP contribution in [0.3, 0.4) is 0 Å². The smallest absolute Gasteiger partial charge is 0.126 e. The molecule has 0 aliphatic carbocycles. The molecule has 1 aromatic rings. The van der Waals surface area contributed by atoms with Gasteiger partial charge in [0.05, 0.1) is 25.4 Å². The lowest BCUT2D eigenvalue weighted by atomic mass is 10.1. The maximum atomic E-state index is 8.61. The minimum Gasteiger partial charge on any atom is -0.394 e. The van der Waals surface area contributed by atoms with Crippen molar-refractivity contribution in [3.05, 3.63) is 28.2 Å². The van der Waals surface area contributed by atoms with Crippen molar-refractivity contribution >= 4 is 27.5 Å². The van der Waals surface area contributed by atoms with E-state index in [-0.39, 0.29) is 12.4 Å². The van der Waals surface area contributed by atoms with E-state index >= 15 is 0 Å². The number of hydrogen-bond acceptors (Lipinski definition) is 4. The molecular weight excluding hydrogens is 298 g/mol. The Morgan fingerprint density at radius 2 is 2.22 bits per heavy atom. The van der Waals surface area contributed by atoms with Crippen molar-refractivity contribution in [2.75, 3.05) is 38.3 Å². The van der Waals surface area contributed by atoms with Gasteiger partial charge in [-0.2, -0.15) is 0 Å². The fourth-order valence-electron chi connectivity index (χ4n) is 1.59. The van der Waals surface area contributed by atoms with Crippen LogP contribution in [0, 0.1) is 5.41 Å². The molecule has 0 saturated carbocycles. The molecule has 0 radical (unpaired) electrons. The van der Waals surface area contributed by atoms with Gasteiger partial charge >= 0.3 is 0 Å². The van der Waals surface area contributed by atoms with Crippen molar-refractivity contribution in [3.8, 4) is 0 Å². The maximum Gasteiger partial charge on any atom is 0.126 e. The zero-order valence-electron chi connectivity index (χ0n) is 10.3. The summed E-state index contributed by atoms with van der Waals surface area (Å²) in [5, 5.41) is 16.2. The van der Waals surface area contributed by atoms with E-state index in [2.05, 4.69) is 15.9 Å². The third-order valence-corrected chi connectivity index (χ3v) is 3.14. The number of likely N-dealkylation sites (N-methyl/N-ethyl adjacent to an activating group) is 1. The van der Waals surface area contributed by atoms with Crippen molar-refractivity contribution in [2.45, 2.75) is 0 Å². The van der Waals surface area contributed by atoms with Crippen LogP contribution in [0.5, 0.6) is 0 Å². The molecule has 0 aliphatic heterocycles. The number of nitrogens with two attached hydrogens (primary N) is 1. The molecule has 0 spiro atoms. The van der Waals surface area contributed by atoms with Gasteiger partial charge in [-0.25, -0.2) is 0 Å². The van der Waals surface area contributed by atoms with Crippen molar-refractivity contribution in [3.63, 3.8) is 0 Å². The van der Waals surface area contributed by atoms with Crippen molar-refractivity contribution < 1.29 is 9.84 Å². The van der Waals surface area contributed by atoms with Gasteiger partial charge in [-0.15, -0.1) is 0 Å². The van der Waals surface area contributed by atoms with E-state index in [1.165, 1.54) is 0 Å². The fraction of sp³-hybridized carbons (Fsp3) is 0.417. The third-order valence-electron chi connectivity index (χ3n) is 2.48. The second-order valence-corrected chi connectivity index (χ2v) is 4.66. The van der Waals surface area contributed by atoms with Crippen molar-refractivity contribution in [1.29, 1.82) is 5.41 Å². The van der Waals surface area contributed by atoms with Crippen molar-refractivity contribution in [2.24, 2.45) is 5.73 Å². The van der Waals surface area contributed by atoms with Gasteiger partial charge in [0.1, 0.15) is 5.84 Å². The summed E-state index contributed by atoms with van der Waals surface area (Å²) in [7, 11) is 1.91. The molecule has 4 N–H and O–H groups in total. The fourth-order valence-corrected chi connectivity index (χ4v) is 2.16. The maximum absolute atomic E-state index is 8.61. The number of benzene rings is 1. The highest BCUT2D eigenvalue weighted by Crippen LogP contribution is 2.26. The van der Waals surface area contributed by atoms with Gasteiger partial charge in [-0.1, -0.05) is 6.07 Å². The summed E-state index contributed by atoms with van der Waals surface area (Å²) in [6, 6.07) is 5.67. The standard InChI is InChI=1S/C12H18BrN3O2/c1-16(5-7-18-8-6-17)10-4-2-3-9(13)11(10)12(14)15/h2-4,17H,5-8H2,1H3,(H3,14,15). The number of rotatable bonds is 7. The molecule has 0 amide bonds. The number of amidine groups is 1. The minimum atomic E-state index is 0.0271. The van der Waals surface area contributed by atoms with Crippen LogP contribution in [-0.4, -0.2) is 44.4 Å². The van der Waals surface area contributed by atoms with E-state index < -0.39 is 0 Å². The number of aliphatic hydroxyl groups excluding tert-OH is 1. The normalized spacial score (nSPS) is 10.4. The number of anilines is 1. The van der Waals surface area contributed by atoms with E-state index in [9.17, 15) is 0 Å². The van der Waals surface area contributed by atoms with Gasteiger partial charge in [-0.05, 0) is 28.1 Å². The lowest BCUT2D eigenvalue weighted by Crippen LogP contribution is -2.26. The van der Waals surface area contributed by atoms with Crippen LogP contribution in [0.15, 0.2) is 22.7 Å². The van der Waals surface area contributed by atoms with E-state index in [0.717, 1.165) is 10.2 Å². The molecule has 0 fully saturated rings. The largest absolute Gasteiger partial charge is 0.394 e. The van der Waals surface area contributed by atoms with Crippen LogP contribution in [-0.2, 0) is 4.74 Å². The molecule has 0 bridgehead atoms. The van der Waals surface area contributed by atoms with Gasteiger partial charge in [-0.3, -0.25) is 5.41 Å². The van der Waals surface area contributed by atoms with Crippen LogP contribution >= 0.6 is 15.9 Å². The molecule has 1 aromatic carbocycles. The van der Waals surface area contributed by atoms with Gasteiger partial charge in [0.15, 0.2) is 0 Å². The predicted molar refractivity (Wildman–Crippen MR) is 76.3 cm³/mol. The Balaban J connectivity index is 2.76. The van der Waals surface area contributed by atoms with Crippen molar-refractivity contribution in [1.82, 2.24) is 0 Å². The molecule has 100 valence electrons. The molecule has 0 heterocycles. The first kappa shape index (κ1) is 14.9. The Kier molecular flexibility index (Phi) is 6.11. The Hall–Kier alpha value is -1.11. The summed E-state index contributed by atoms with van der Waals surface area (Å²) in [6.07, 6.45) is 0. The number of ether oxygens (including phenoxy) is 1. The van der Waals surface area contributed by atoms with Crippen LogP contribution in [0.25, 0.3) is 0 Å². The molecule has 0 aromatic heterocycles. The average Bonchev–Trinajstić information content (AvgIpc) is 2.33. The van der Waals surface area contributed by atoms with E-state index in [0.29, 0.717) is 25.3 Å². The highest BCUT2D eigenvalue weighted by Gasteiger charge is 2.12. The number of nitrogens with one attached hydrogen (secondary N) is 1. The minimum absolute atomic E-state index is 0.0271. The van der Waals surface area contributed by atoms with E-state index in [1.807, 2.05) is 30.1 Å². The van der Waals surface area contributed by atoms with Gasteiger partial charge in [0.2, 0.25) is 0 Å². The van der Waals surface area contributed by atoms with Crippen LogP contribution < -0.4 is 10.6 Å². The summed E-state index contributed by atoms with van der Waals surface area (Å²) in [4.78, 5) is 1.97. The van der Waals surface area contributed by atoms with Crippen LogP contribution in [0.1, 0.15) is 5.56 Å². The molecule has 6 heteroatoms. The Bertz CT molecular complexity index is 412. The number of nitrogens with zero attached hydrogens (tertiary/aromatic N) is 1. The topological polar surface area (TPSA) is 82.6 Å². The summed E-state index contributed by atoms with van der Waals surface area (Å²) in [6.45, 7) is 1.54. The Labute approximate surface area is 115 Å². The summed E-state index contributed by atoms with van der Waals surface area (Å²) in [5.74, 6) is 0.0283. The van der Waals surface area contributed by atoms with Crippen LogP contribution in [0.2, 0.25) is 0 Å². The Morgan fingerprint density at radius 3 is 2.83 bits per heavy atom. The highest BCUT2D eigenvalue weighted by molar-refractivity contribution is 9.10. The number of halogens is 1. The average molecular weight is 316 g/mol. The number of hydrogen-bond donors (Lipinski definition) is 3. The zero-order valence-corrected chi connectivity index (χ0v) is 11.9. The van der Waals surface area contributed by atoms with E-state index in [4.69, 9.17) is 21.0 Å². The quantitative estimate of drug-likeness (QED) is 0.401. The third kappa shape index (κ3) is 3.97. The first-order chi connectivity index (χ1) is 8.57. The molecular formula is C12H18BrN3O2. The monoisotopic (exact) mass is 315 g/mol. The second kappa shape index (κ2) is 7.35. The molecule has 5 nitrogen and oxygen atoms in total. The van der Waals surface area contributed by atoms with E-state index in [1.54, 1.807) is 0 Å². The molecule has 0 aliphatic rings. The summed E-state index contributed by atoms with van der Waals surface area (Å²) >= 11 is 3.40. The first-order valence-electron chi connectivity index (χ1n) is 5.60. The molecule has 18 heavy (non-hydrogen) atoms. The summed E-state index contributed by atoms with van der Waals surface area (Å²) in [5.41, 5.74) is 7.15. The molecule has 0 unspecified atom stereocenters. The lowest BCUT2D eigenvalue weighted by molar-refractivity contribution is 0.0971. The molecule has 0 atom stereocenters.